The Bertz CT molecular complexity index is 435. The van der Waals surface area contributed by atoms with Crippen LogP contribution in [0.5, 0.6) is 0 Å². The number of anilines is 1. The third-order valence-corrected chi connectivity index (χ3v) is 3.06. The summed E-state index contributed by atoms with van der Waals surface area (Å²) in [5.74, 6) is -0.693. The summed E-state index contributed by atoms with van der Waals surface area (Å²) in [4.78, 5) is 23.0. The monoisotopic (exact) mass is 363 g/mol. The summed E-state index contributed by atoms with van der Waals surface area (Å²) in [5.41, 5.74) is 0.755. The van der Waals surface area contributed by atoms with Gasteiger partial charge in [0.15, 0.2) is 0 Å². The normalized spacial score (nSPS) is 9.82. The van der Waals surface area contributed by atoms with Gasteiger partial charge in [-0.05, 0) is 35.0 Å². The van der Waals surface area contributed by atoms with Gasteiger partial charge in [0.05, 0.1) is 23.2 Å². The van der Waals surface area contributed by atoms with Gasteiger partial charge in [-0.3, -0.25) is 4.79 Å². The zero-order valence-electron chi connectivity index (χ0n) is 9.13. The quantitative estimate of drug-likeness (QED) is 0.660. The lowest BCUT2D eigenvalue weighted by Crippen LogP contribution is -2.16. The predicted octanol–water partition coefficient (Wildman–Crippen LogP) is 2.96. The van der Waals surface area contributed by atoms with Crippen LogP contribution in [0.4, 0.5) is 5.69 Å². The summed E-state index contributed by atoms with van der Waals surface area (Å²) in [7, 11) is 0. The van der Waals surface area contributed by atoms with Crippen LogP contribution < -0.4 is 5.32 Å². The van der Waals surface area contributed by atoms with Crippen LogP contribution in [0.1, 0.15) is 17.3 Å². The van der Waals surface area contributed by atoms with Crippen LogP contribution in [0.2, 0.25) is 0 Å². The first-order chi connectivity index (χ1) is 8.10. The molecule has 0 aliphatic carbocycles. The summed E-state index contributed by atoms with van der Waals surface area (Å²) < 4.78 is 5.55. The van der Waals surface area contributed by atoms with Crippen molar-refractivity contribution in [2.75, 3.05) is 17.3 Å². The molecule has 0 aliphatic rings. The molecule has 0 aromatic heterocycles. The first kappa shape index (κ1) is 14.2. The van der Waals surface area contributed by atoms with Gasteiger partial charge in [-0.25, -0.2) is 4.79 Å². The fraction of sp³-hybridized carbons (Fsp3) is 0.273. The van der Waals surface area contributed by atoms with E-state index in [4.69, 9.17) is 4.74 Å². The molecule has 4 nitrogen and oxygen atoms in total. The molecular formula is C11H11Br2NO3. The van der Waals surface area contributed by atoms with Gasteiger partial charge in [-0.2, -0.15) is 0 Å². The molecule has 0 saturated heterocycles. The lowest BCUT2D eigenvalue weighted by molar-refractivity contribution is -0.113. The molecule has 1 aromatic carbocycles. The molecule has 0 bridgehead atoms. The minimum atomic E-state index is -0.460. The Balaban J connectivity index is 3.08. The van der Waals surface area contributed by atoms with E-state index in [2.05, 4.69) is 37.2 Å². The SMILES string of the molecule is CCOC(=O)c1cccc(Br)c1NC(=O)CBr. The number of carbonyl (C=O) groups excluding carboxylic acids is 2. The van der Waals surface area contributed by atoms with E-state index in [1.54, 1.807) is 25.1 Å². The number of hydrogen-bond acceptors (Lipinski definition) is 3. The molecule has 1 rings (SSSR count). The summed E-state index contributed by atoms with van der Waals surface area (Å²) in [5, 5.41) is 2.80. The van der Waals surface area contributed by atoms with Crippen LogP contribution in [0.3, 0.4) is 0 Å². The van der Waals surface area contributed by atoms with Gasteiger partial charge in [-0.1, -0.05) is 22.0 Å². The molecule has 0 heterocycles. The standard InChI is InChI=1S/C11H11Br2NO3/c1-2-17-11(16)7-4-3-5-8(13)10(7)14-9(15)6-12/h3-5H,2,6H2,1H3,(H,14,15). The van der Waals surface area contributed by atoms with Gasteiger partial charge in [0.2, 0.25) is 5.91 Å². The highest BCUT2D eigenvalue weighted by molar-refractivity contribution is 9.10. The molecule has 0 spiro atoms. The van der Waals surface area contributed by atoms with Gasteiger partial charge in [0.1, 0.15) is 0 Å². The number of para-hydroxylation sites is 1. The van der Waals surface area contributed by atoms with Crippen molar-refractivity contribution in [1.29, 1.82) is 0 Å². The van der Waals surface area contributed by atoms with Crippen LogP contribution in [-0.2, 0) is 9.53 Å². The Morgan fingerprint density at radius 1 is 1.41 bits per heavy atom. The van der Waals surface area contributed by atoms with Crippen LogP contribution in [0.15, 0.2) is 22.7 Å². The van der Waals surface area contributed by atoms with Crippen molar-refractivity contribution >= 4 is 49.4 Å². The van der Waals surface area contributed by atoms with Gasteiger partial charge < -0.3 is 10.1 Å². The highest BCUT2D eigenvalue weighted by Gasteiger charge is 2.16. The Morgan fingerprint density at radius 2 is 2.12 bits per heavy atom. The highest BCUT2D eigenvalue weighted by Crippen LogP contribution is 2.27. The zero-order chi connectivity index (χ0) is 12.8. The number of hydrogen-bond donors (Lipinski definition) is 1. The number of esters is 1. The molecule has 0 fully saturated rings. The maximum absolute atomic E-state index is 11.7. The van der Waals surface area contributed by atoms with Crippen molar-refractivity contribution < 1.29 is 14.3 Å². The van der Waals surface area contributed by atoms with Crippen molar-refractivity contribution in [2.45, 2.75) is 6.92 Å². The molecular weight excluding hydrogens is 354 g/mol. The molecule has 0 unspecified atom stereocenters. The Morgan fingerprint density at radius 3 is 2.71 bits per heavy atom. The van der Waals surface area contributed by atoms with Gasteiger partial charge in [-0.15, -0.1) is 0 Å². The second-order valence-electron chi connectivity index (χ2n) is 3.06. The van der Waals surface area contributed by atoms with Crippen LogP contribution in [0, 0.1) is 0 Å². The maximum Gasteiger partial charge on any atom is 0.340 e. The molecule has 0 atom stereocenters. The van der Waals surface area contributed by atoms with Gasteiger partial charge >= 0.3 is 5.97 Å². The average Bonchev–Trinajstić information content (AvgIpc) is 2.31. The molecule has 17 heavy (non-hydrogen) atoms. The van der Waals surface area contributed by atoms with E-state index in [1.807, 2.05) is 0 Å². The fourth-order valence-electron chi connectivity index (χ4n) is 1.20. The molecule has 0 radical (unpaired) electrons. The summed E-state index contributed by atoms with van der Waals surface area (Å²) in [6.07, 6.45) is 0. The van der Waals surface area contributed by atoms with Crippen LogP contribution in [-0.4, -0.2) is 23.8 Å². The van der Waals surface area contributed by atoms with Crippen molar-refractivity contribution in [2.24, 2.45) is 0 Å². The first-order valence-electron chi connectivity index (χ1n) is 4.91. The second-order valence-corrected chi connectivity index (χ2v) is 4.48. The topological polar surface area (TPSA) is 55.4 Å². The fourth-order valence-corrected chi connectivity index (χ4v) is 1.81. The van der Waals surface area contributed by atoms with E-state index in [1.165, 1.54) is 0 Å². The lowest BCUT2D eigenvalue weighted by Gasteiger charge is -2.11. The van der Waals surface area contributed by atoms with E-state index in [-0.39, 0.29) is 17.8 Å². The van der Waals surface area contributed by atoms with Crippen molar-refractivity contribution in [3.8, 4) is 0 Å². The highest BCUT2D eigenvalue weighted by atomic mass is 79.9. The Labute approximate surface area is 116 Å². The van der Waals surface area contributed by atoms with E-state index >= 15 is 0 Å². The largest absolute Gasteiger partial charge is 0.462 e. The molecule has 1 aromatic rings. The minimum Gasteiger partial charge on any atom is -0.462 e. The van der Waals surface area contributed by atoms with Gasteiger partial charge in [0.25, 0.3) is 0 Å². The molecule has 0 aliphatic heterocycles. The zero-order valence-corrected chi connectivity index (χ0v) is 12.3. The number of halogens is 2. The van der Waals surface area contributed by atoms with E-state index < -0.39 is 5.97 Å². The van der Waals surface area contributed by atoms with E-state index in [9.17, 15) is 9.59 Å². The smallest absolute Gasteiger partial charge is 0.340 e. The second kappa shape index (κ2) is 6.76. The van der Waals surface area contributed by atoms with Crippen molar-refractivity contribution in [3.63, 3.8) is 0 Å². The number of rotatable bonds is 4. The molecule has 1 N–H and O–H groups in total. The van der Waals surface area contributed by atoms with Crippen LogP contribution in [0.25, 0.3) is 0 Å². The minimum absolute atomic E-state index is 0.163. The Kier molecular flexibility index (Phi) is 5.64. The van der Waals surface area contributed by atoms with E-state index in [0.717, 1.165) is 0 Å². The lowest BCUT2D eigenvalue weighted by atomic mass is 10.2. The maximum atomic E-state index is 11.7. The number of carbonyl (C=O) groups is 2. The molecule has 6 heteroatoms. The summed E-state index contributed by atoms with van der Waals surface area (Å²) >= 11 is 6.33. The average molecular weight is 365 g/mol. The molecule has 0 saturated carbocycles. The van der Waals surface area contributed by atoms with Crippen LogP contribution >= 0.6 is 31.9 Å². The molecule has 92 valence electrons. The summed E-state index contributed by atoms with van der Waals surface area (Å²) in [6, 6.07) is 5.05. The first-order valence-corrected chi connectivity index (χ1v) is 6.83. The number of nitrogens with one attached hydrogen (secondary N) is 1. The van der Waals surface area contributed by atoms with Gasteiger partial charge in [0, 0.05) is 4.47 Å². The van der Waals surface area contributed by atoms with Crippen molar-refractivity contribution in [1.82, 2.24) is 0 Å². The Hall–Kier alpha value is -0.880. The van der Waals surface area contributed by atoms with Crippen molar-refractivity contribution in [3.05, 3.63) is 28.2 Å². The third-order valence-electron chi connectivity index (χ3n) is 1.89. The third kappa shape index (κ3) is 3.81. The predicted molar refractivity (Wildman–Crippen MR) is 72.5 cm³/mol. The molecule has 1 amide bonds. The van der Waals surface area contributed by atoms with E-state index in [0.29, 0.717) is 15.7 Å². The number of ether oxygens (including phenoxy) is 1. The number of alkyl halides is 1. The number of amides is 1. The summed E-state index contributed by atoms with van der Waals surface area (Å²) in [6.45, 7) is 2.02. The number of benzene rings is 1.